The van der Waals surface area contributed by atoms with Crippen LogP contribution >= 0.6 is 11.8 Å². The highest BCUT2D eigenvalue weighted by Gasteiger charge is 2.19. The molecule has 0 heterocycles. The Morgan fingerprint density at radius 3 is 2.63 bits per heavy atom. The van der Waals surface area contributed by atoms with Gasteiger partial charge in [-0.05, 0) is 62.1 Å². The first-order valence-electron chi connectivity index (χ1n) is 6.98. The largest absolute Gasteiger partial charge is 0.310 e. The van der Waals surface area contributed by atoms with Gasteiger partial charge >= 0.3 is 0 Å². The van der Waals surface area contributed by atoms with Gasteiger partial charge in [-0.1, -0.05) is 6.07 Å². The minimum atomic E-state index is 0.665. The number of rotatable bonds is 4. The molecule has 1 aromatic rings. The van der Waals surface area contributed by atoms with Crippen molar-refractivity contribution in [2.45, 2.75) is 50.4 Å². The highest BCUT2D eigenvalue weighted by atomic mass is 32.2. The number of nitrogens with zero attached hydrogens (tertiary/aromatic N) is 1. The molecule has 0 aliphatic heterocycles. The molecule has 1 fully saturated rings. The predicted octanol–water partition coefficient (Wildman–Crippen LogP) is 3.63. The van der Waals surface area contributed by atoms with E-state index in [0.717, 1.165) is 17.4 Å². The van der Waals surface area contributed by atoms with Crippen molar-refractivity contribution in [1.82, 2.24) is 5.32 Å². The summed E-state index contributed by atoms with van der Waals surface area (Å²) in [6, 6.07) is 8.82. The number of benzene rings is 1. The molecule has 19 heavy (non-hydrogen) atoms. The molecule has 0 bridgehead atoms. The second kappa shape index (κ2) is 6.98. The van der Waals surface area contributed by atoms with E-state index < -0.39 is 0 Å². The lowest BCUT2D eigenvalue weighted by molar-refractivity contribution is 0.378. The smallest absolute Gasteiger partial charge is 0.0991 e. The third kappa shape index (κ3) is 3.99. The lowest BCUT2D eigenvalue weighted by atomic mass is 9.94. The van der Waals surface area contributed by atoms with Gasteiger partial charge in [0.05, 0.1) is 11.6 Å². The quantitative estimate of drug-likeness (QED) is 0.910. The molecule has 2 nitrogen and oxygen atoms in total. The maximum absolute atomic E-state index is 8.87. The third-order valence-electron chi connectivity index (χ3n) is 4.06. The zero-order valence-corrected chi connectivity index (χ0v) is 12.6. The number of nitriles is 1. The van der Waals surface area contributed by atoms with Crippen LogP contribution < -0.4 is 5.32 Å². The van der Waals surface area contributed by atoms with Gasteiger partial charge in [0, 0.05) is 17.8 Å². The topological polar surface area (TPSA) is 35.8 Å². The SMILES string of the molecule is CSC1CCC(NCc2ccc(C#N)cc2C)CC1. The Morgan fingerprint density at radius 1 is 1.32 bits per heavy atom. The average Bonchev–Trinajstić information content (AvgIpc) is 2.46. The first kappa shape index (κ1) is 14.4. The summed E-state index contributed by atoms with van der Waals surface area (Å²) < 4.78 is 0. The van der Waals surface area contributed by atoms with Gasteiger partial charge in [-0.25, -0.2) is 0 Å². The van der Waals surface area contributed by atoms with Crippen molar-refractivity contribution in [2.75, 3.05) is 6.26 Å². The van der Waals surface area contributed by atoms with E-state index in [1.54, 1.807) is 0 Å². The highest BCUT2D eigenvalue weighted by Crippen LogP contribution is 2.27. The summed E-state index contributed by atoms with van der Waals surface area (Å²) in [7, 11) is 0. The van der Waals surface area contributed by atoms with Gasteiger partial charge < -0.3 is 5.32 Å². The zero-order valence-electron chi connectivity index (χ0n) is 11.8. The Hall–Kier alpha value is -0.980. The minimum Gasteiger partial charge on any atom is -0.310 e. The third-order valence-corrected chi connectivity index (χ3v) is 5.20. The van der Waals surface area contributed by atoms with Crippen LogP contribution in [0, 0.1) is 18.3 Å². The van der Waals surface area contributed by atoms with Crippen molar-refractivity contribution in [2.24, 2.45) is 0 Å². The second-order valence-corrected chi connectivity index (χ2v) is 6.48. The Bertz CT molecular complexity index is 456. The molecular formula is C16H22N2S. The van der Waals surface area contributed by atoms with Crippen LogP contribution in [0.2, 0.25) is 0 Å². The van der Waals surface area contributed by atoms with Crippen LogP contribution in [0.3, 0.4) is 0 Å². The van der Waals surface area contributed by atoms with E-state index in [4.69, 9.17) is 5.26 Å². The molecule has 1 N–H and O–H groups in total. The van der Waals surface area contributed by atoms with E-state index in [1.165, 1.54) is 36.8 Å². The van der Waals surface area contributed by atoms with Crippen LogP contribution in [0.25, 0.3) is 0 Å². The fourth-order valence-electron chi connectivity index (χ4n) is 2.72. The number of thioether (sulfide) groups is 1. The van der Waals surface area contributed by atoms with Crippen molar-refractivity contribution in [1.29, 1.82) is 5.26 Å². The summed E-state index contributed by atoms with van der Waals surface area (Å²) in [5, 5.41) is 13.4. The molecule has 0 amide bonds. The molecule has 0 aromatic heterocycles. The molecule has 0 saturated heterocycles. The number of nitrogens with one attached hydrogen (secondary N) is 1. The van der Waals surface area contributed by atoms with E-state index in [9.17, 15) is 0 Å². The van der Waals surface area contributed by atoms with Crippen LogP contribution in [-0.2, 0) is 6.54 Å². The molecular weight excluding hydrogens is 252 g/mol. The summed E-state index contributed by atoms with van der Waals surface area (Å²) in [4.78, 5) is 0. The standard InChI is InChI=1S/C16H22N2S/c1-12-9-13(10-17)3-4-14(12)11-18-15-5-7-16(19-2)8-6-15/h3-4,9,15-16,18H,5-8,11H2,1-2H3. The molecule has 102 valence electrons. The molecule has 3 heteroatoms. The van der Waals surface area contributed by atoms with Gasteiger partial charge in [0.15, 0.2) is 0 Å². The maximum atomic E-state index is 8.87. The molecule has 0 radical (unpaired) electrons. The van der Waals surface area contributed by atoms with E-state index >= 15 is 0 Å². The van der Waals surface area contributed by atoms with Gasteiger partial charge in [0.1, 0.15) is 0 Å². The Kier molecular flexibility index (Phi) is 5.30. The molecule has 0 spiro atoms. The number of hydrogen-bond acceptors (Lipinski definition) is 3. The second-order valence-electron chi connectivity index (χ2n) is 5.34. The van der Waals surface area contributed by atoms with E-state index in [0.29, 0.717) is 6.04 Å². The van der Waals surface area contributed by atoms with Crippen LogP contribution in [0.1, 0.15) is 42.4 Å². The molecule has 0 atom stereocenters. The molecule has 2 rings (SSSR count). The molecule has 0 unspecified atom stereocenters. The van der Waals surface area contributed by atoms with Crippen LogP contribution in [0.4, 0.5) is 0 Å². The number of hydrogen-bond donors (Lipinski definition) is 1. The van der Waals surface area contributed by atoms with Crippen molar-refractivity contribution < 1.29 is 0 Å². The fourth-order valence-corrected chi connectivity index (χ4v) is 3.46. The van der Waals surface area contributed by atoms with Crippen LogP contribution in [0.5, 0.6) is 0 Å². The summed E-state index contributed by atoms with van der Waals surface area (Å²) >= 11 is 2.01. The summed E-state index contributed by atoms with van der Waals surface area (Å²) in [6.45, 7) is 3.01. The van der Waals surface area contributed by atoms with Gasteiger partial charge in [-0.15, -0.1) is 0 Å². The molecule has 1 saturated carbocycles. The van der Waals surface area contributed by atoms with E-state index in [1.807, 2.05) is 23.9 Å². The van der Waals surface area contributed by atoms with Gasteiger partial charge in [-0.3, -0.25) is 0 Å². The van der Waals surface area contributed by atoms with E-state index in [2.05, 4.69) is 30.6 Å². The number of aryl methyl sites for hydroxylation is 1. The Balaban J connectivity index is 1.85. The Labute approximate surface area is 120 Å². The van der Waals surface area contributed by atoms with Crippen molar-refractivity contribution >= 4 is 11.8 Å². The molecule has 1 aliphatic carbocycles. The van der Waals surface area contributed by atoms with Crippen LogP contribution in [-0.4, -0.2) is 17.5 Å². The van der Waals surface area contributed by atoms with Gasteiger partial charge in [0.2, 0.25) is 0 Å². The first-order valence-corrected chi connectivity index (χ1v) is 8.27. The van der Waals surface area contributed by atoms with Crippen molar-refractivity contribution in [3.8, 4) is 6.07 Å². The van der Waals surface area contributed by atoms with Crippen molar-refractivity contribution in [3.05, 3.63) is 34.9 Å². The van der Waals surface area contributed by atoms with Crippen LogP contribution in [0.15, 0.2) is 18.2 Å². The highest BCUT2D eigenvalue weighted by molar-refractivity contribution is 7.99. The minimum absolute atomic E-state index is 0.665. The molecule has 1 aliphatic rings. The zero-order chi connectivity index (χ0) is 13.7. The van der Waals surface area contributed by atoms with Crippen molar-refractivity contribution in [3.63, 3.8) is 0 Å². The summed E-state index contributed by atoms with van der Waals surface area (Å²) in [6.07, 6.45) is 7.48. The Morgan fingerprint density at radius 2 is 2.05 bits per heavy atom. The summed E-state index contributed by atoms with van der Waals surface area (Å²) in [5.41, 5.74) is 3.28. The maximum Gasteiger partial charge on any atom is 0.0991 e. The average molecular weight is 274 g/mol. The first-order chi connectivity index (χ1) is 9.22. The van der Waals surface area contributed by atoms with E-state index in [-0.39, 0.29) is 0 Å². The fraction of sp³-hybridized carbons (Fsp3) is 0.562. The lowest BCUT2D eigenvalue weighted by Crippen LogP contribution is -2.33. The van der Waals surface area contributed by atoms with Gasteiger partial charge in [-0.2, -0.15) is 17.0 Å². The lowest BCUT2D eigenvalue weighted by Gasteiger charge is -2.28. The normalized spacial score (nSPS) is 23.0. The monoisotopic (exact) mass is 274 g/mol. The summed E-state index contributed by atoms with van der Waals surface area (Å²) in [5.74, 6) is 0. The predicted molar refractivity (Wildman–Crippen MR) is 82.3 cm³/mol. The molecule has 1 aromatic carbocycles. The van der Waals surface area contributed by atoms with Gasteiger partial charge in [0.25, 0.3) is 0 Å².